The van der Waals surface area contributed by atoms with E-state index in [-0.39, 0.29) is 0 Å². The van der Waals surface area contributed by atoms with Gasteiger partial charge in [-0.1, -0.05) is 0 Å². The van der Waals surface area contributed by atoms with Crippen molar-refractivity contribution in [3.8, 4) is 0 Å². The summed E-state index contributed by atoms with van der Waals surface area (Å²) in [6.07, 6.45) is 0. The zero-order chi connectivity index (χ0) is 9.23. The largest absolute Gasteiger partial charge is 0.281 e. The van der Waals surface area contributed by atoms with Crippen LogP contribution in [0.3, 0.4) is 0 Å². The average Bonchev–Trinajstić information content (AvgIpc) is 1.85. The van der Waals surface area contributed by atoms with E-state index in [1.807, 2.05) is 0 Å². The van der Waals surface area contributed by atoms with Crippen LogP contribution in [0.4, 0.5) is 0 Å². The molecule has 0 bridgehead atoms. The minimum atomic E-state index is -1.11. The van der Waals surface area contributed by atoms with Crippen LogP contribution in [0.5, 0.6) is 0 Å². The molecule has 11 heavy (non-hydrogen) atoms. The van der Waals surface area contributed by atoms with Crippen molar-refractivity contribution in [3.63, 3.8) is 0 Å². The van der Waals surface area contributed by atoms with Crippen LogP contribution in [0.15, 0.2) is 0 Å². The molecule has 0 N–H and O–H groups in total. The Morgan fingerprint density at radius 1 is 1.27 bits per heavy atom. The van der Waals surface area contributed by atoms with Gasteiger partial charge in [0.25, 0.3) is 0 Å². The maximum atomic E-state index is 10.7. The molecule has 0 amide bonds. The molecule has 0 fully saturated rings. The van der Waals surface area contributed by atoms with Gasteiger partial charge in [0.1, 0.15) is 5.38 Å². The minimum Gasteiger partial charge on any atom is -0.281 e. The molecule has 0 rings (SSSR count). The lowest BCUT2D eigenvalue weighted by Crippen LogP contribution is -2.34. The Balaban J connectivity index is 4.55. The molecule has 0 aliphatic carbocycles. The number of alkyl halides is 1. The molecule has 1 atom stereocenters. The summed E-state index contributed by atoms with van der Waals surface area (Å²) in [4.78, 5) is 21.2. The molecule has 0 aliphatic rings. The molecule has 0 radical (unpaired) electrons. The van der Waals surface area contributed by atoms with Crippen LogP contribution < -0.4 is 0 Å². The van der Waals surface area contributed by atoms with Crippen LogP contribution in [0.2, 0.25) is 0 Å². The predicted molar refractivity (Wildman–Crippen MR) is 45.1 cm³/mol. The number of carbonyl (C=O) groups is 2. The molecular weight excluding hydrogens is 210 g/mol. The van der Waals surface area contributed by atoms with Gasteiger partial charge >= 0.3 is 0 Å². The second kappa shape index (κ2) is 3.74. The van der Waals surface area contributed by atoms with Crippen molar-refractivity contribution in [2.24, 2.45) is 5.41 Å². The third-order valence-corrected chi connectivity index (χ3v) is 2.90. The summed E-state index contributed by atoms with van der Waals surface area (Å²) in [5.74, 6) is 0. The molecule has 64 valence electrons. The first-order chi connectivity index (χ1) is 4.80. The van der Waals surface area contributed by atoms with E-state index < -0.39 is 21.3 Å². The number of hydrogen-bond donors (Lipinski definition) is 0. The highest BCUT2D eigenvalue weighted by Gasteiger charge is 2.38. The van der Waals surface area contributed by atoms with Crippen molar-refractivity contribution in [2.45, 2.75) is 19.2 Å². The summed E-state index contributed by atoms with van der Waals surface area (Å²) >= 11 is 15.8. The van der Waals surface area contributed by atoms with Crippen LogP contribution in [-0.4, -0.2) is 15.9 Å². The van der Waals surface area contributed by atoms with E-state index in [2.05, 4.69) is 0 Å². The molecule has 0 heterocycles. The van der Waals surface area contributed by atoms with Crippen molar-refractivity contribution < 1.29 is 9.59 Å². The van der Waals surface area contributed by atoms with Gasteiger partial charge in [-0.3, -0.25) is 9.59 Å². The van der Waals surface area contributed by atoms with Gasteiger partial charge in [0.2, 0.25) is 10.5 Å². The van der Waals surface area contributed by atoms with Crippen LogP contribution in [0.1, 0.15) is 13.8 Å². The number of hydrogen-bond acceptors (Lipinski definition) is 2. The van der Waals surface area contributed by atoms with Crippen molar-refractivity contribution in [2.75, 3.05) is 0 Å². The molecular formula is C6H7Cl3O2. The van der Waals surface area contributed by atoms with Gasteiger partial charge in [0, 0.05) is 0 Å². The Hall–Kier alpha value is 0.210. The van der Waals surface area contributed by atoms with Gasteiger partial charge in [-0.15, -0.1) is 11.6 Å². The van der Waals surface area contributed by atoms with E-state index in [0.29, 0.717) is 0 Å². The van der Waals surface area contributed by atoms with E-state index in [4.69, 9.17) is 34.8 Å². The van der Waals surface area contributed by atoms with Crippen molar-refractivity contribution in [1.82, 2.24) is 0 Å². The molecule has 0 aromatic heterocycles. The Bertz CT molecular complexity index is 188. The quantitative estimate of drug-likeness (QED) is 0.536. The topological polar surface area (TPSA) is 34.1 Å². The fourth-order valence-corrected chi connectivity index (χ4v) is 0.920. The molecule has 0 aliphatic heterocycles. The lowest BCUT2D eigenvalue weighted by molar-refractivity contribution is -0.123. The van der Waals surface area contributed by atoms with Crippen molar-refractivity contribution >= 4 is 45.3 Å². The average molecular weight is 217 g/mol. The monoisotopic (exact) mass is 216 g/mol. The first kappa shape index (κ1) is 11.2. The zero-order valence-corrected chi connectivity index (χ0v) is 8.30. The second-order valence-electron chi connectivity index (χ2n) is 2.66. The van der Waals surface area contributed by atoms with E-state index in [1.54, 1.807) is 0 Å². The molecule has 0 aromatic carbocycles. The first-order valence-corrected chi connectivity index (χ1v) is 4.02. The van der Waals surface area contributed by atoms with E-state index in [0.717, 1.165) is 0 Å². The Labute approximate surface area is 79.8 Å². The Morgan fingerprint density at radius 2 is 1.64 bits per heavy atom. The predicted octanol–water partition coefficient (Wildman–Crippen LogP) is 2.15. The smallest absolute Gasteiger partial charge is 0.240 e. The van der Waals surface area contributed by atoms with Crippen LogP contribution in [-0.2, 0) is 9.59 Å². The Kier molecular flexibility index (Phi) is 3.82. The summed E-state index contributed by atoms with van der Waals surface area (Å²) in [5.41, 5.74) is -1.11. The lowest BCUT2D eigenvalue weighted by atomic mass is 9.91. The molecule has 2 nitrogen and oxygen atoms in total. The fraction of sp³-hybridized carbons (Fsp3) is 0.667. The molecule has 0 aromatic rings. The van der Waals surface area contributed by atoms with Gasteiger partial charge in [-0.05, 0) is 37.0 Å². The Morgan fingerprint density at radius 3 is 1.73 bits per heavy atom. The van der Waals surface area contributed by atoms with Gasteiger partial charge in [-0.25, -0.2) is 0 Å². The van der Waals surface area contributed by atoms with Gasteiger partial charge in [0.05, 0.1) is 5.41 Å². The van der Waals surface area contributed by atoms with Crippen LogP contribution >= 0.6 is 34.8 Å². The van der Waals surface area contributed by atoms with E-state index >= 15 is 0 Å². The normalized spacial score (nSPS) is 14.3. The van der Waals surface area contributed by atoms with Gasteiger partial charge in [0.15, 0.2) is 0 Å². The van der Waals surface area contributed by atoms with Crippen molar-refractivity contribution in [1.29, 1.82) is 0 Å². The zero-order valence-electron chi connectivity index (χ0n) is 6.03. The summed E-state index contributed by atoms with van der Waals surface area (Å²) in [5, 5.41) is -2.52. The highest BCUT2D eigenvalue weighted by molar-refractivity contribution is 6.71. The maximum absolute atomic E-state index is 10.7. The number of rotatable bonds is 3. The molecule has 5 heteroatoms. The fourth-order valence-electron chi connectivity index (χ4n) is 0.383. The minimum absolute atomic E-state index is 0.675. The molecule has 1 unspecified atom stereocenters. The van der Waals surface area contributed by atoms with Crippen LogP contribution in [0, 0.1) is 5.41 Å². The highest BCUT2D eigenvalue weighted by atomic mass is 35.5. The summed E-state index contributed by atoms with van der Waals surface area (Å²) in [6.45, 7) is 2.92. The third-order valence-electron chi connectivity index (χ3n) is 1.34. The van der Waals surface area contributed by atoms with E-state index in [9.17, 15) is 9.59 Å². The SMILES string of the molecule is CC(C)(C(=O)Cl)C(Cl)C(=O)Cl. The second-order valence-corrected chi connectivity index (χ2v) is 3.81. The highest BCUT2D eigenvalue weighted by Crippen LogP contribution is 2.29. The summed E-state index contributed by atoms with van der Waals surface area (Å²) < 4.78 is 0. The molecule has 0 saturated heterocycles. The third kappa shape index (κ3) is 2.62. The summed E-state index contributed by atoms with van der Waals surface area (Å²) in [6, 6.07) is 0. The van der Waals surface area contributed by atoms with Gasteiger partial charge < -0.3 is 0 Å². The number of halogens is 3. The first-order valence-electron chi connectivity index (χ1n) is 2.83. The molecule has 0 spiro atoms. The lowest BCUT2D eigenvalue weighted by Gasteiger charge is -2.21. The molecule has 0 saturated carbocycles. The summed E-state index contributed by atoms with van der Waals surface area (Å²) in [7, 11) is 0. The van der Waals surface area contributed by atoms with E-state index in [1.165, 1.54) is 13.8 Å². The number of carbonyl (C=O) groups excluding carboxylic acids is 2. The van der Waals surface area contributed by atoms with Crippen molar-refractivity contribution in [3.05, 3.63) is 0 Å². The van der Waals surface area contributed by atoms with Gasteiger partial charge in [-0.2, -0.15) is 0 Å². The van der Waals surface area contributed by atoms with Crippen LogP contribution in [0.25, 0.3) is 0 Å². The maximum Gasteiger partial charge on any atom is 0.240 e. The standard InChI is InChI=1S/C6H7Cl3O2/c1-6(2,5(9)11)3(7)4(8)10/h3H,1-2H3.